The Labute approximate surface area is 147 Å². The van der Waals surface area contributed by atoms with Gasteiger partial charge >= 0.3 is 0 Å². The molecule has 0 unspecified atom stereocenters. The maximum absolute atomic E-state index is 12.4. The van der Waals surface area contributed by atoms with Crippen molar-refractivity contribution in [2.75, 3.05) is 13.2 Å². The molecule has 0 aliphatic carbocycles. The van der Waals surface area contributed by atoms with Crippen LogP contribution < -0.4 is 19.5 Å². The first-order valence-electron chi connectivity index (χ1n) is 8.59. The van der Waals surface area contributed by atoms with Gasteiger partial charge in [0.15, 0.2) is 17.6 Å². The van der Waals surface area contributed by atoms with E-state index in [1.807, 2.05) is 43.3 Å². The number of carbonyl (C=O) groups is 1. The van der Waals surface area contributed by atoms with E-state index in [9.17, 15) is 4.79 Å². The van der Waals surface area contributed by atoms with Gasteiger partial charge in [0.1, 0.15) is 12.4 Å². The van der Waals surface area contributed by atoms with Gasteiger partial charge in [-0.25, -0.2) is 0 Å². The van der Waals surface area contributed by atoms with Crippen molar-refractivity contribution in [3.8, 4) is 17.2 Å². The average Bonchev–Trinajstić information content (AvgIpc) is 2.66. The van der Waals surface area contributed by atoms with Crippen LogP contribution in [0, 0.1) is 0 Å². The van der Waals surface area contributed by atoms with E-state index >= 15 is 0 Å². The second-order valence-corrected chi connectivity index (χ2v) is 6.05. The first-order chi connectivity index (χ1) is 12.2. The zero-order chi connectivity index (χ0) is 17.6. The van der Waals surface area contributed by atoms with Gasteiger partial charge in [-0.15, -0.1) is 0 Å². The number of fused-ring (bicyclic) bond motifs is 1. The number of benzene rings is 2. The third-order valence-electron chi connectivity index (χ3n) is 4.04. The third kappa shape index (κ3) is 4.24. The molecule has 0 radical (unpaired) electrons. The quantitative estimate of drug-likeness (QED) is 0.874. The molecular weight excluding hydrogens is 318 g/mol. The minimum absolute atomic E-state index is 0.142. The maximum atomic E-state index is 12.4. The molecule has 3 rings (SSSR count). The fourth-order valence-corrected chi connectivity index (χ4v) is 2.59. The van der Waals surface area contributed by atoms with Crippen LogP contribution >= 0.6 is 0 Å². The predicted octanol–water partition coefficient (Wildman–Crippen LogP) is 3.43. The number of carbonyl (C=O) groups excluding carboxylic acids is 1. The van der Waals surface area contributed by atoms with Crippen LogP contribution in [-0.4, -0.2) is 31.3 Å². The van der Waals surface area contributed by atoms with Crippen molar-refractivity contribution in [1.82, 2.24) is 5.32 Å². The molecule has 1 aliphatic heterocycles. The summed E-state index contributed by atoms with van der Waals surface area (Å²) in [5.41, 5.74) is 0.591. The highest BCUT2D eigenvalue weighted by Gasteiger charge is 2.27. The molecule has 1 N–H and O–H groups in total. The van der Waals surface area contributed by atoms with Gasteiger partial charge in [0.2, 0.25) is 0 Å². The van der Waals surface area contributed by atoms with E-state index in [0.29, 0.717) is 24.5 Å². The van der Waals surface area contributed by atoms with E-state index in [-0.39, 0.29) is 18.1 Å². The molecule has 0 fully saturated rings. The Balaban J connectivity index is 1.57. The number of hydrogen-bond donors (Lipinski definition) is 1. The van der Waals surface area contributed by atoms with Crippen molar-refractivity contribution < 1.29 is 19.0 Å². The van der Waals surface area contributed by atoms with Crippen LogP contribution in [0.4, 0.5) is 0 Å². The molecule has 1 amide bonds. The summed E-state index contributed by atoms with van der Waals surface area (Å²) in [6.45, 7) is 5.04. The van der Waals surface area contributed by atoms with Crippen molar-refractivity contribution >= 4 is 5.91 Å². The zero-order valence-electron chi connectivity index (χ0n) is 14.5. The van der Waals surface area contributed by atoms with E-state index in [1.165, 1.54) is 0 Å². The molecule has 0 bridgehead atoms. The Kier molecular flexibility index (Phi) is 5.43. The summed E-state index contributed by atoms with van der Waals surface area (Å²) in [6.07, 6.45) is 0.720. The Morgan fingerprint density at radius 2 is 1.92 bits per heavy atom. The summed E-state index contributed by atoms with van der Waals surface area (Å²) in [7, 11) is 0. The van der Waals surface area contributed by atoms with Gasteiger partial charge in [0.05, 0.1) is 12.6 Å². The molecule has 2 atom stereocenters. The van der Waals surface area contributed by atoms with Gasteiger partial charge in [-0.3, -0.25) is 4.79 Å². The summed E-state index contributed by atoms with van der Waals surface area (Å²) in [5, 5.41) is 2.97. The second-order valence-electron chi connectivity index (χ2n) is 6.05. The number of rotatable bonds is 6. The van der Waals surface area contributed by atoms with Gasteiger partial charge in [0.25, 0.3) is 5.91 Å². The van der Waals surface area contributed by atoms with Gasteiger partial charge < -0.3 is 19.5 Å². The summed E-state index contributed by atoms with van der Waals surface area (Å²) in [6, 6.07) is 14.5. The molecule has 5 nitrogen and oxygen atoms in total. The minimum Gasteiger partial charge on any atom is -0.494 e. The van der Waals surface area contributed by atoms with Gasteiger partial charge in [0, 0.05) is 5.56 Å². The van der Waals surface area contributed by atoms with Crippen LogP contribution in [0.15, 0.2) is 48.5 Å². The number of para-hydroxylation sites is 2. The van der Waals surface area contributed by atoms with Crippen LogP contribution in [0.2, 0.25) is 0 Å². The summed E-state index contributed by atoms with van der Waals surface area (Å²) >= 11 is 0. The van der Waals surface area contributed by atoms with E-state index in [2.05, 4.69) is 12.2 Å². The van der Waals surface area contributed by atoms with E-state index in [1.54, 1.807) is 12.1 Å². The summed E-state index contributed by atoms with van der Waals surface area (Å²) in [5.74, 6) is 2.07. The topological polar surface area (TPSA) is 56.8 Å². The summed E-state index contributed by atoms with van der Waals surface area (Å²) in [4.78, 5) is 12.4. The number of hydrogen-bond acceptors (Lipinski definition) is 4. The Hall–Kier alpha value is -2.69. The van der Waals surface area contributed by atoms with Crippen molar-refractivity contribution in [3.63, 3.8) is 0 Å². The second kappa shape index (κ2) is 7.92. The van der Waals surface area contributed by atoms with Crippen LogP contribution in [0.5, 0.6) is 17.2 Å². The fourth-order valence-electron chi connectivity index (χ4n) is 2.59. The van der Waals surface area contributed by atoms with E-state index < -0.39 is 0 Å². The standard InChI is InChI=1S/C20H23NO4/c1-3-12-23-16-10-8-15(9-11-16)20(22)21-14(2)19-13-24-17-6-4-5-7-18(17)25-19/h4-11,14,19H,3,12-13H2,1-2H3,(H,21,22)/t14-,19+/m0/s1. The highest BCUT2D eigenvalue weighted by Crippen LogP contribution is 2.31. The molecule has 1 aliphatic rings. The smallest absolute Gasteiger partial charge is 0.251 e. The van der Waals surface area contributed by atoms with Crippen molar-refractivity contribution in [2.45, 2.75) is 32.4 Å². The number of ether oxygens (including phenoxy) is 3. The minimum atomic E-state index is -0.231. The lowest BCUT2D eigenvalue weighted by Crippen LogP contribution is -2.48. The lowest BCUT2D eigenvalue weighted by Gasteiger charge is -2.30. The highest BCUT2D eigenvalue weighted by molar-refractivity contribution is 5.94. The molecule has 5 heteroatoms. The number of amides is 1. The summed E-state index contributed by atoms with van der Waals surface area (Å²) < 4.78 is 17.2. The lowest BCUT2D eigenvalue weighted by molar-refractivity contribution is 0.0606. The molecule has 132 valence electrons. The maximum Gasteiger partial charge on any atom is 0.251 e. The fraction of sp³-hybridized carbons (Fsp3) is 0.350. The predicted molar refractivity (Wildman–Crippen MR) is 95.5 cm³/mol. The van der Waals surface area contributed by atoms with Crippen LogP contribution in [0.1, 0.15) is 30.6 Å². The average molecular weight is 341 g/mol. The monoisotopic (exact) mass is 341 g/mol. The normalized spacial score (nSPS) is 16.8. The lowest BCUT2D eigenvalue weighted by atomic mass is 10.1. The Bertz CT molecular complexity index is 714. The number of nitrogens with one attached hydrogen (secondary N) is 1. The van der Waals surface area contributed by atoms with Crippen molar-refractivity contribution in [1.29, 1.82) is 0 Å². The van der Waals surface area contributed by atoms with Crippen LogP contribution in [-0.2, 0) is 0 Å². The Morgan fingerprint density at radius 1 is 1.20 bits per heavy atom. The Morgan fingerprint density at radius 3 is 2.64 bits per heavy atom. The third-order valence-corrected chi connectivity index (χ3v) is 4.04. The molecule has 0 saturated heterocycles. The van der Waals surface area contributed by atoms with E-state index in [4.69, 9.17) is 14.2 Å². The SMILES string of the molecule is CCCOc1ccc(C(=O)N[C@@H](C)[C@H]2COc3ccccc3O2)cc1. The van der Waals surface area contributed by atoms with Crippen molar-refractivity contribution in [3.05, 3.63) is 54.1 Å². The first kappa shape index (κ1) is 17.1. The van der Waals surface area contributed by atoms with Gasteiger partial charge in [-0.1, -0.05) is 19.1 Å². The molecule has 2 aromatic rings. The molecule has 1 heterocycles. The molecule has 0 saturated carbocycles. The van der Waals surface area contributed by atoms with Crippen LogP contribution in [0.25, 0.3) is 0 Å². The largest absolute Gasteiger partial charge is 0.494 e. The van der Waals surface area contributed by atoms with Crippen LogP contribution in [0.3, 0.4) is 0 Å². The first-order valence-corrected chi connectivity index (χ1v) is 8.59. The molecule has 0 aromatic heterocycles. The highest BCUT2D eigenvalue weighted by atomic mass is 16.6. The zero-order valence-corrected chi connectivity index (χ0v) is 14.5. The molecule has 25 heavy (non-hydrogen) atoms. The van der Waals surface area contributed by atoms with Gasteiger partial charge in [-0.2, -0.15) is 0 Å². The van der Waals surface area contributed by atoms with E-state index in [0.717, 1.165) is 17.9 Å². The molecule has 0 spiro atoms. The molecule has 2 aromatic carbocycles. The van der Waals surface area contributed by atoms with Crippen molar-refractivity contribution in [2.24, 2.45) is 0 Å². The van der Waals surface area contributed by atoms with Gasteiger partial charge in [-0.05, 0) is 49.7 Å². The molecular formula is C20H23NO4.